The summed E-state index contributed by atoms with van der Waals surface area (Å²) in [7, 11) is 1.53. The second-order valence-electron chi connectivity index (χ2n) is 6.68. The lowest BCUT2D eigenvalue weighted by Gasteiger charge is -2.14. The lowest BCUT2D eigenvalue weighted by Crippen LogP contribution is -2.16. The van der Waals surface area contributed by atoms with Crippen molar-refractivity contribution in [3.05, 3.63) is 82.2 Å². The Morgan fingerprint density at radius 3 is 2.79 bits per heavy atom. The molecule has 33 heavy (non-hydrogen) atoms. The van der Waals surface area contributed by atoms with Gasteiger partial charge in [0.2, 0.25) is 5.95 Å². The van der Waals surface area contributed by atoms with Gasteiger partial charge in [-0.2, -0.15) is 10.4 Å². The first-order valence-electron chi connectivity index (χ1n) is 9.88. The minimum Gasteiger partial charge on any atom is -0.493 e. The summed E-state index contributed by atoms with van der Waals surface area (Å²) in [5, 5.41) is 13.5. The van der Waals surface area contributed by atoms with Gasteiger partial charge < -0.3 is 9.47 Å². The number of ether oxygens (including phenoxy) is 2. The van der Waals surface area contributed by atoms with Gasteiger partial charge in [-0.15, -0.1) is 13.0 Å². The van der Waals surface area contributed by atoms with Gasteiger partial charge in [-0.25, -0.2) is 10.4 Å². The molecule has 0 aliphatic rings. The zero-order valence-corrected chi connectivity index (χ0v) is 18.0. The first-order chi connectivity index (χ1) is 16.1. The van der Waals surface area contributed by atoms with E-state index in [1.807, 2.05) is 18.2 Å². The number of nitrogens with zero attached hydrogens (tertiary/aromatic N) is 3. The molecule has 0 bridgehead atoms. The highest BCUT2D eigenvalue weighted by molar-refractivity contribution is 5.82. The second-order valence-corrected chi connectivity index (χ2v) is 6.68. The molecule has 0 fully saturated rings. The van der Waals surface area contributed by atoms with Crippen LogP contribution in [0.15, 0.2) is 65.0 Å². The highest BCUT2D eigenvalue weighted by atomic mass is 16.5. The molecule has 3 aromatic rings. The Bertz CT molecular complexity index is 1310. The Morgan fingerprint density at radius 1 is 1.33 bits per heavy atom. The molecule has 0 atom stereocenters. The van der Waals surface area contributed by atoms with Gasteiger partial charge in [-0.05, 0) is 24.1 Å². The van der Waals surface area contributed by atoms with Crippen molar-refractivity contribution in [2.24, 2.45) is 5.10 Å². The molecule has 0 unspecified atom stereocenters. The number of rotatable bonds is 9. The van der Waals surface area contributed by atoms with E-state index in [-0.39, 0.29) is 23.8 Å². The standard InChI is InChI=1S/C25H21N5O3/c1-4-9-19-13-17(14-21(32-3)23(19)33-12-5-2)16-27-30-25-28-22(18-10-7-6-8-11-18)20(15-26)24(31)29-25/h2,4,6-8,10-11,13-14,16H,1,9,12H2,3H3,(H2,28,29,30,31). The molecule has 1 aromatic heterocycles. The average Bonchev–Trinajstić information content (AvgIpc) is 2.83. The molecule has 0 aliphatic carbocycles. The largest absolute Gasteiger partial charge is 0.493 e. The van der Waals surface area contributed by atoms with Crippen molar-refractivity contribution >= 4 is 12.2 Å². The molecule has 3 rings (SSSR count). The van der Waals surface area contributed by atoms with Crippen LogP contribution in [0.4, 0.5) is 5.95 Å². The van der Waals surface area contributed by atoms with Gasteiger partial charge in [-0.1, -0.05) is 42.3 Å². The van der Waals surface area contributed by atoms with E-state index in [0.29, 0.717) is 29.0 Å². The third-order valence-corrected chi connectivity index (χ3v) is 4.50. The number of nitriles is 1. The number of methoxy groups -OCH3 is 1. The van der Waals surface area contributed by atoms with Crippen LogP contribution in [0.3, 0.4) is 0 Å². The molecule has 164 valence electrons. The molecule has 8 heteroatoms. The zero-order valence-electron chi connectivity index (χ0n) is 18.0. The molecule has 0 saturated heterocycles. The molecule has 0 aliphatic heterocycles. The Kier molecular flexibility index (Phi) is 7.61. The first-order valence-corrected chi connectivity index (χ1v) is 9.88. The van der Waals surface area contributed by atoms with E-state index in [1.54, 1.807) is 42.6 Å². The summed E-state index contributed by atoms with van der Waals surface area (Å²) in [4.78, 5) is 19.2. The summed E-state index contributed by atoms with van der Waals surface area (Å²) >= 11 is 0. The van der Waals surface area contributed by atoms with Gasteiger partial charge in [0.25, 0.3) is 5.56 Å². The van der Waals surface area contributed by atoms with Crippen LogP contribution >= 0.6 is 0 Å². The summed E-state index contributed by atoms with van der Waals surface area (Å²) in [6.07, 6.45) is 9.13. The van der Waals surface area contributed by atoms with E-state index in [1.165, 1.54) is 7.11 Å². The molecule has 2 N–H and O–H groups in total. The fourth-order valence-electron chi connectivity index (χ4n) is 3.10. The second kappa shape index (κ2) is 11.0. The third-order valence-electron chi connectivity index (χ3n) is 4.50. The van der Waals surface area contributed by atoms with Gasteiger partial charge in [0.05, 0.1) is 19.0 Å². The Labute approximate surface area is 191 Å². The third kappa shape index (κ3) is 5.46. The van der Waals surface area contributed by atoms with E-state index in [4.69, 9.17) is 15.9 Å². The molecule has 2 aromatic carbocycles. The zero-order chi connectivity index (χ0) is 23.6. The molecule has 0 radical (unpaired) electrons. The van der Waals surface area contributed by atoms with Crippen molar-refractivity contribution in [2.45, 2.75) is 6.42 Å². The Balaban J connectivity index is 1.91. The maximum Gasteiger partial charge on any atom is 0.270 e. The fraction of sp³-hybridized carbons (Fsp3) is 0.120. The van der Waals surface area contributed by atoms with Crippen molar-refractivity contribution in [1.82, 2.24) is 9.97 Å². The minimum absolute atomic E-state index is 0.0721. The summed E-state index contributed by atoms with van der Waals surface area (Å²) in [5.74, 6) is 3.58. The van der Waals surface area contributed by atoms with Crippen LogP contribution in [-0.2, 0) is 6.42 Å². The number of hydrogen-bond acceptors (Lipinski definition) is 7. The fourth-order valence-corrected chi connectivity index (χ4v) is 3.10. The number of hydrazone groups is 1. The number of benzene rings is 2. The summed E-state index contributed by atoms with van der Waals surface area (Å²) in [5.41, 5.74) is 4.53. The highest BCUT2D eigenvalue weighted by Gasteiger charge is 2.14. The molecule has 1 heterocycles. The lowest BCUT2D eigenvalue weighted by molar-refractivity contribution is 0.328. The molecule has 8 nitrogen and oxygen atoms in total. The SMILES string of the molecule is C#CCOc1c(CC=C)cc(C=NNc2nc(-c3ccccc3)c(C#N)c(=O)[nH]2)cc1OC. The maximum atomic E-state index is 12.4. The number of allylic oxidation sites excluding steroid dienone is 1. The van der Waals surface area contributed by atoms with Crippen LogP contribution in [0.1, 0.15) is 16.7 Å². The summed E-state index contributed by atoms with van der Waals surface area (Å²) < 4.78 is 11.1. The van der Waals surface area contributed by atoms with Gasteiger partial charge in [0.15, 0.2) is 11.5 Å². The average molecular weight is 439 g/mol. The van der Waals surface area contributed by atoms with Gasteiger partial charge >= 0.3 is 0 Å². The normalized spacial score (nSPS) is 10.3. The predicted molar refractivity (Wildman–Crippen MR) is 127 cm³/mol. The molecule has 0 saturated carbocycles. The highest BCUT2D eigenvalue weighted by Crippen LogP contribution is 2.33. The maximum absolute atomic E-state index is 12.4. The number of anilines is 1. The molecule has 0 amide bonds. The minimum atomic E-state index is -0.561. The predicted octanol–water partition coefficient (Wildman–Crippen LogP) is 3.50. The van der Waals surface area contributed by atoms with E-state index < -0.39 is 5.56 Å². The smallest absolute Gasteiger partial charge is 0.270 e. The lowest BCUT2D eigenvalue weighted by atomic mass is 10.1. The monoisotopic (exact) mass is 439 g/mol. The summed E-state index contributed by atoms with van der Waals surface area (Å²) in [6, 6.07) is 14.5. The van der Waals surface area contributed by atoms with Crippen molar-refractivity contribution in [2.75, 3.05) is 19.1 Å². The topological polar surface area (TPSA) is 112 Å². The molecular weight excluding hydrogens is 418 g/mol. The molecule has 0 spiro atoms. The van der Waals surface area contributed by atoms with Gasteiger partial charge in [0, 0.05) is 11.1 Å². The number of aromatic amines is 1. The first kappa shape index (κ1) is 22.9. The molecular formula is C25H21N5O3. The Morgan fingerprint density at radius 2 is 2.12 bits per heavy atom. The Hall–Kier alpha value is -4.82. The van der Waals surface area contributed by atoms with Crippen LogP contribution < -0.4 is 20.5 Å². The van der Waals surface area contributed by atoms with Crippen LogP contribution in [0, 0.1) is 23.7 Å². The van der Waals surface area contributed by atoms with Gasteiger partial charge in [0.1, 0.15) is 18.2 Å². The van der Waals surface area contributed by atoms with Crippen LogP contribution in [-0.4, -0.2) is 29.9 Å². The van der Waals surface area contributed by atoms with Gasteiger partial charge in [-0.3, -0.25) is 9.78 Å². The number of terminal acetylenes is 1. The summed E-state index contributed by atoms with van der Waals surface area (Å²) in [6.45, 7) is 3.88. The van der Waals surface area contributed by atoms with Crippen molar-refractivity contribution in [3.63, 3.8) is 0 Å². The number of H-pyrrole nitrogens is 1. The van der Waals surface area contributed by atoms with Crippen LogP contribution in [0.2, 0.25) is 0 Å². The van der Waals surface area contributed by atoms with Crippen molar-refractivity contribution in [1.29, 1.82) is 5.26 Å². The van der Waals surface area contributed by atoms with E-state index in [2.05, 4.69) is 33.0 Å². The number of aromatic nitrogens is 2. The van der Waals surface area contributed by atoms with E-state index in [9.17, 15) is 10.1 Å². The van der Waals surface area contributed by atoms with Crippen molar-refractivity contribution < 1.29 is 9.47 Å². The number of hydrogen-bond donors (Lipinski definition) is 2. The number of nitrogens with one attached hydrogen (secondary N) is 2. The van der Waals surface area contributed by atoms with E-state index in [0.717, 1.165) is 5.56 Å². The van der Waals surface area contributed by atoms with E-state index >= 15 is 0 Å². The van der Waals surface area contributed by atoms with Crippen LogP contribution in [0.5, 0.6) is 11.5 Å². The van der Waals surface area contributed by atoms with Crippen LogP contribution in [0.25, 0.3) is 11.3 Å². The van der Waals surface area contributed by atoms with Crippen molar-refractivity contribution in [3.8, 4) is 41.2 Å². The quantitative estimate of drug-likeness (QED) is 0.228.